The number of fused-ring (bicyclic) bond motifs is 1. The SMILES string of the molecule is CCc1n[nH]c(CN2CCc3ccc(F)cc3C2C)n1. The smallest absolute Gasteiger partial charge is 0.150 e. The van der Waals surface area contributed by atoms with Crippen LogP contribution in [0.3, 0.4) is 0 Å². The fourth-order valence-electron chi connectivity index (χ4n) is 2.81. The zero-order valence-corrected chi connectivity index (χ0v) is 11.9. The molecular weight excluding hydrogens is 255 g/mol. The van der Waals surface area contributed by atoms with Gasteiger partial charge in [0, 0.05) is 19.0 Å². The Morgan fingerprint density at radius 3 is 3.05 bits per heavy atom. The van der Waals surface area contributed by atoms with Crippen molar-refractivity contribution in [1.29, 1.82) is 0 Å². The molecule has 0 fully saturated rings. The zero-order chi connectivity index (χ0) is 14.1. The van der Waals surface area contributed by atoms with Gasteiger partial charge < -0.3 is 0 Å². The number of benzene rings is 1. The maximum atomic E-state index is 13.4. The summed E-state index contributed by atoms with van der Waals surface area (Å²) in [6.45, 7) is 5.84. The summed E-state index contributed by atoms with van der Waals surface area (Å²) >= 11 is 0. The molecule has 0 bridgehead atoms. The first-order valence-corrected chi connectivity index (χ1v) is 7.10. The summed E-state index contributed by atoms with van der Waals surface area (Å²) in [5, 5.41) is 7.14. The Morgan fingerprint density at radius 2 is 2.30 bits per heavy atom. The molecule has 106 valence electrons. The van der Waals surface area contributed by atoms with Gasteiger partial charge in [-0.3, -0.25) is 10.00 Å². The summed E-state index contributed by atoms with van der Waals surface area (Å²) in [6, 6.07) is 5.31. The average molecular weight is 274 g/mol. The molecular formula is C15H19FN4. The summed E-state index contributed by atoms with van der Waals surface area (Å²) in [5.74, 6) is 1.56. The first kappa shape index (κ1) is 13.2. The fourth-order valence-corrected chi connectivity index (χ4v) is 2.81. The molecule has 1 aromatic carbocycles. The van der Waals surface area contributed by atoms with E-state index >= 15 is 0 Å². The third-order valence-corrected chi connectivity index (χ3v) is 4.02. The third kappa shape index (κ3) is 2.45. The highest BCUT2D eigenvalue weighted by Gasteiger charge is 2.24. The lowest BCUT2D eigenvalue weighted by molar-refractivity contribution is 0.184. The predicted octanol–water partition coefficient (Wildman–Crippen LogP) is 2.63. The second-order valence-electron chi connectivity index (χ2n) is 5.29. The van der Waals surface area contributed by atoms with Crippen molar-refractivity contribution < 1.29 is 4.39 Å². The zero-order valence-electron chi connectivity index (χ0n) is 11.9. The van der Waals surface area contributed by atoms with Crippen molar-refractivity contribution in [2.24, 2.45) is 0 Å². The lowest BCUT2D eigenvalue weighted by atomic mass is 9.93. The largest absolute Gasteiger partial charge is 0.289 e. The molecule has 0 spiro atoms. The van der Waals surface area contributed by atoms with Gasteiger partial charge in [0.15, 0.2) is 0 Å². The van der Waals surface area contributed by atoms with Crippen LogP contribution in [-0.4, -0.2) is 26.6 Å². The quantitative estimate of drug-likeness (QED) is 0.935. The van der Waals surface area contributed by atoms with Crippen molar-refractivity contribution >= 4 is 0 Å². The van der Waals surface area contributed by atoms with Crippen LogP contribution in [0.15, 0.2) is 18.2 Å². The first-order valence-electron chi connectivity index (χ1n) is 7.10. The highest BCUT2D eigenvalue weighted by molar-refractivity contribution is 5.32. The number of hydrogen-bond acceptors (Lipinski definition) is 3. The van der Waals surface area contributed by atoms with Crippen molar-refractivity contribution in [3.8, 4) is 0 Å². The molecule has 2 heterocycles. The summed E-state index contributed by atoms with van der Waals surface area (Å²) in [7, 11) is 0. The molecule has 3 rings (SSSR count). The molecule has 0 saturated heterocycles. The van der Waals surface area contributed by atoms with Crippen molar-refractivity contribution in [1.82, 2.24) is 20.1 Å². The van der Waals surface area contributed by atoms with Crippen LogP contribution in [0, 0.1) is 5.82 Å². The lowest BCUT2D eigenvalue weighted by Crippen LogP contribution is -2.33. The van der Waals surface area contributed by atoms with Crippen molar-refractivity contribution in [2.75, 3.05) is 6.54 Å². The first-order chi connectivity index (χ1) is 9.67. The van der Waals surface area contributed by atoms with Gasteiger partial charge >= 0.3 is 0 Å². The second-order valence-corrected chi connectivity index (χ2v) is 5.29. The van der Waals surface area contributed by atoms with Crippen LogP contribution >= 0.6 is 0 Å². The van der Waals surface area contributed by atoms with E-state index in [4.69, 9.17) is 0 Å². The third-order valence-electron chi connectivity index (χ3n) is 4.02. The number of H-pyrrole nitrogens is 1. The Bertz CT molecular complexity index is 608. The van der Waals surface area contributed by atoms with E-state index in [9.17, 15) is 4.39 Å². The number of aromatic nitrogens is 3. The topological polar surface area (TPSA) is 44.8 Å². The maximum absolute atomic E-state index is 13.4. The van der Waals surface area contributed by atoms with Gasteiger partial charge in [0.25, 0.3) is 0 Å². The highest BCUT2D eigenvalue weighted by Crippen LogP contribution is 2.30. The highest BCUT2D eigenvalue weighted by atomic mass is 19.1. The van der Waals surface area contributed by atoms with E-state index in [1.54, 1.807) is 12.1 Å². The average Bonchev–Trinajstić information content (AvgIpc) is 2.90. The molecule has 1 aromatic heterocycles. The van der Waals surface area contributed by atoms with Gasteiger partial charge in [-0.15, -0.1) is 0 Å². The number of halogens is 1. The monoisotopic (exact) mass is 274 g/mol. The van der Waals surface area contributed by atoms with Gasteiger partial charge in [0.05, 0.1) is 6.54 Å². The van der Waals surface area contributed by atoms with Gasteiger partial charge in [-0.2, -0.15) is 5.10 Å². The molecule has 1 N–H and O–H groups in total. The minimum atomic E-state index is -0.162. The summed E-state index contributed by atoms with van der Waals surface area (Å²) in [4.78, 5) is 6.76. The minimum absolute atomic E-state index is 0.162. The molecule has 0 aliphatic carbocycles. The molecule has 4 nitrogen and oxygen atoms in total. The van der Waals surface area contributed by atoms with Crippen LogP contribution in [0.4, 0.5) is 4.39 Å². The standard InChI is InChI=1S/C15H19FN4/c1-3-14-17-15(19-18-14)9-20-7-6-11-4-5-12(16)8-13(11)10(20)2/h4-5,8,10H,3,6-7,9H2,1-2H3,(H,17,18,19). The van der Waals surface area contributed by atoms with Gasteiger partial charge in [0.1, 0.15) is 17.5 Å². The van der Waals surface area contributed by atoms with Crippen LogP contribution in [0.2, 0.25) is 0 Å². The van der Waals surface area contributed by atoms with Crippen LogP contribution in [0.25, 0.3) is 0 Å². The molecule has 1 atom stereocenters. The number of aromatic amines is 1. The number of hydrogen-bond donors (Lipinski definition) is 1. The predicted molar refractivity (Wildman–Crippen MR) is 74.7 cm³/mol. The Balaban J connectivity index is 1.79. The summed E-state index contributed by atoms with van der Waals surface area (Å²) in [6.07, 6.45) is 1.79. The van der Waals surface area contributed by atoms with Gasteiger partial charge in [0.2, 0.25) is 0 Å². The van der Waals surface area contributed by atoms with E-state index in [0.29, 0.717) is 0 Å². The van der Waals surface area contributed by atoms with Gasteiger partial charge in [-0.1, -0.05) is 13.0 Å². The van der Waals surface area contributed by atoms with E-state index in [1.807, 2.05) is 13.0 Å². The van der Waals surface area contributed by atoms with Crippen molar-refractivity contribution in [3.63, 3.8) is 0 Å². The van der Waals surface area contributed by atoms with Crippen molar-refractivity contribution in [2.45, 2.75) is 39.3 Å². The number of aryl methyl sites for hydroxylation is 1. The van der Waals surface area contributed by atoms with Gasteiger partial charge in [-0.05, 0) is 36.6 Å². The van der Waals surface area contributed by atoms with E-state index < -0.39 is 0 Å². The molecule has 1 aliphatic heterocycles. The van der Waals surface area contributed by atoms with Crippen molar-refractivity contribution in [3.05, 3.63) is 46.8 Å². The Kier molecular flexibility index (Phi) is 3.53. The molecule has 1 unspecified atom stereocenters. The lowest BCUT2D eigenvalue weighted by Gasteiger charge is -2.34. The van der Waals surface area contributed by atoms with E-state index in [2.05, 4.69) is 27.0 Å². The molecule has 0 saturated carbocycles. The van der Waals surface area contributed by atoms with Crippen LogP contribution in [-0.2, 0) is 19.4 Å². The number of nitrogens with zero attached hydrogens (tertiary/aromatic N) is 3. The Morgan fingerprint density at radius 1 is 1.45 bits per heavy atom. The van der Waals surface area contributed by atoms with E-state index in [1.165, 1.54) is 5.56 Å². The Hall–Kier alpha value is -1.75. The maximum Gasteiger partial charge on any atom is 0.150 e. The normalized spacial score (nSPS) is 19.1. The van der Waals surface area contributed by atoms with Crippen LogP contribution in [0.5, 0.6) is 0 Å². The van der Waals surface area contributed by atoms with Gasteiger partial charge in [-0.25, -0.2) is 9.37 Å². The molecule has 0 amide bonds. The fraction of sp³-hybridized carbons (Fsp3) is 0.467. The number of rotatable bonds is 3. The molecule has 0 radical (unpaired) electrons. The molecule has 5 heteroatoms. The minimum Gasteiger partial charge on any atom is -0.289 e. The second kappa shape index (κ2) is 5.32. The Labute approximate surface area is 118 Å². The summed E-state index contributed by atoms with van der Waals surface area (Å²) in [5.41, 5.74) is 2.34. The molecule has 2 aromatic rings. The summed E-state index contributed by atoms with van der Waals surface area (Å²) < 4.78 is 13.4. The molecule has 20 heavy (non-hydrogen) atoms. The molecule has 1 aliphatic rings. The van der Waals surface area contributed by atoms with E-state index in [0.717, 1.165) is 43.1 Å². The van der Waals surface area contributed by atoms with Crippen LogP contribution in [0.1, 0.15) is 42.7 Å². The number of nitrogens with one attached hydrogen (secondary N) is 1. The van der Waals surface area contributed by atoms with Crippen LogP contribution < -0.4 is 0 Å². The van der Waals surface area contributed by atoms with E-state index in [-0.39, 0.29) is 11.9 Å².